The summed E-state index contributed by atoms with van der Waals surface area (Å²) in [7, 11) is 0. The first-order valence-electron chi connectivity index (χ1n) is 7.64. The number of amides is 1. The number of nitrogens with zero attached hydrogens (tertiary/aromatic N) is 1. The molecule has 0 aromatic heterocycles. The van der Waals surface area contributed by atoms with Gasteiger partial charge in [-0.3, -0.25) is 10.1 Å². The zero-order chi connectivity index (χ0) is 14.5. The average molecular weight is 269 g/mol. The average Bonchev–Trinajstić information content (AvgIpc) is 2.34. The highest BCUT2D eigenvalue weighted by atomic mass is 16.2. The summed E-state index contributed by atoms with van der Waals surface area (Å²) < 4.78 is 0. The van der Waals surface area contributed by atoms with Crippen LogP contribution < -0.4 is 10.6 Å². The van der Waals surface area contributed by atoms with Gasteiger partial charge >= 0.3 is 0 Å². The summed E-state index contributed by atoms with van der Waals surface area (Å²) in [5.74, 6) is 0.242. The highest BCUT2D eigenvalue weighted by Gasteiger charge is 2.44. The molecule has 1 fully saturated rings. The maximum atomic E-state index is 12.5. The van der Waals surface area contributed by atoms with Crippen molar-refractivity contribution in [3.63, 3.8) is 0 Å². The number of piperazine rings is 1. The monoisotopic (exact) mass is 269 g/mol. The first-order chi connectivity index (χ1) is 8.84. The molecule has 2 N–H and O–H groups in total. The molecule has 0 aliphatic carbocycles. The minimum absolute atomic E-state index is 0.0118. The van der Waals surface area contributed by atoms with Gasteiger partial charge in [0, 0.05) is 25.2 Å². The third-order valence-electron chi connectivity index (χ3n) is 3.93. The highest BCUT2D eigenvalue weighted by molar-refractivity contribution is 5.87. The standard InChI is InChI=1S/C15H31N3O/c1-6-8-9-16-10-11-18-12-14(3,4)17-15(5,7-2)13(18)19/h16-17H,6-12H2,1-5H3. The molecule has 0 saturated carbocycles. The smallest absolute Gasteiger partial charge is 0.242 e. The van der Waals surface area contributed by atoms with Crippen molar-refractivity contribution < 1.29 is 4.79 Å². The summed E-state index contributed by atoms with van der Waals surface area (Å²) in [6.45, 7) is 14.2. The summed E-state index contributed by atoms with van der Waals surface area (Å²) >= 11 is 0. The van der Waals surface area contributed by atoms with E-state index in [0.717, 1.165) is 32.6 Å². The second kappa shape index (κ2) is 6.71. The Kier molecular flexibility index (Phi) is 5.81. The lowest BCUT2D eigenvalue weighted by atomic mass is 9.87. The van der Waals surface area contributed by atoms with E-state index in [2.05, 4.69) is 38.3 Å². The van der Waals surface area contributed by atoms with Crippen LogP contribution in [-0.2, 0) is 4.79 Å². The second-order valence-electron chi connectivity index (χ2n) is 6.52. The highest BCUT2D eigenvalue weighted by Crippen LogP contribution is 2.24. The van der Waals surface area contributed by atoms with Gasteiger partial charge in [-0.05, 0) is 40.2 Å². The van der Waals surface area contributed by atoms with Crippen molar-refractivity contribution in [1.82, 2.24) is 15.5 Å². The van der Waals surface area contributed by atoms with Gasteiger partial charge in [0.1, 0.15) is 0 Å². The van der Waals surface area contributed by atoms with E-state index < -0.39 is 5.54 Å². The van der Waals surface area contributed by atoms with Crippen LogP contribution in [0.3, 0.4) is 0 Å². The van der Waals surface area contributed by atoms with E-state index in [0.29, 0.717) is 0 Å². The van der Waals surface area contributed by atoms with Crippen LogP contribution in [0.4, 0.5) is 0 Å². The minimum Gasteiger partial charge on any atom is -0.338 e. The van der Waals surface area contributed by atoms with Crippen molar-refractivity contribution in [2.24, 2.45) is 0 Å². The van der Waals surface area contributed by atoms with Gasteiger partial charge in [-0.1, -0.05) is 20.3 Å². The van der Waals surface area contributed by atoms with Crippen molar-refractivity contribution in [3.8, 4) is 0 Å². The largest absolute Gasteiger partial charge is 0.338 e. The van der Waals surface area contributed by atoms with Crippen molar-refractivity contribution in [2.45, 2.75) is 65.0 Å². The quantitative estimate of drug-likeness (QED) is 0.692. The SMILES string of the molecule is CCCCNCCN1CC(C)(C)NC(C)(CC)C1=O. The molecule has 1 amide bonds. The molecule has 1 aliphatic rings. The predicted octanol–water partition coefficient (Wildman–Crippen LogP) is 1.76. The van der Waals surface area contributed by atoms with Crippen molar-refractivity contribution >= 4 is 5.91 Å². The van der Waals surface area contributed by atoms with Gasteiger partial charge in [-0.15, -0.1) is 0 Å². The fraction of sp³-hybridized carbons (Fsp3) is 0.933. The Balaban J connectivity index is 2.54. The van der Waals surface area contributed by atoms with E-state index in [1.165, 1.54) is 12.8 Å². The summed E-state index contributed by atoms with van der Waals surface area (Å²) in [5.41, 5.74) is -0.423. The molecule has 1 atom stereocenters. The Bertz CT molecular complexity index is 304. The Hall–Kier alpha value is -0.610. The van der Waals surface area contributed by atoms with Gasteiger partial charge < -0.3 is 10.2 Å². The van der Waals surface area contributed by atoms with Gasteiger partial charge in [0.05, 0.1) is 5.54 Å². The molecule has 0 bridgehead atoms. The first-order valence-corrected chi connectivity index (χ1v) is 7.64. The maximum absolute atomic E-state index is 12.5. The molecule has 0 aromatic rings. The molecule has 0 spiro atoms. The molecule has 1 unspecified atom stereocenters. The van der Waals surface area contributed by atoms with E-state index in [-0.39, 0.29) is 11.4 Å². The molecule has 112 valence electrons. The Labute approximate surface area is 118 Å². The lowest BCUT2D eigenvalue weighted by Crippen LogP contribution is -2.71. The van der Waals surface area contributed by atoms with Crippen molar-refractivity contribution in [1.29, 1.82) is 0 Å². The van der Waals surface area contributed by atoms with E-state index in [9.17, 15) is 4.79 Å². The number of rotatable bonds is 7. The lowest BCUT2D eigenvalue weighted by Gasteiger charge is -2.48. The molecular weight excluding hydrogens is 238 g/mol. The first kappa shape index (κ1) is 16.4. The number of hydrogen-bond donors (Lipinski definition) is 2. The van der Waals surface area contributed by atoms with Crippen LogP contribution >= 0.6 is 0 Å². The number of carbonyl (C=O) groups is 1. The van der Waals surface area contributed by atoms with Gasteiger partial charge in [0.15, 0.2) is 0 Å². The number of nitrogens with one attached hydrogen (secondary N) is 2. The van der Waals surface area contributed by atoms with Crippen LogP contribution in [0.15, 0.2) is 0 Å². The molecule has 19 heavy (non-hydrogen) atoms. The third-order valence-corrected chi connectivity index (χ3v) is 3.93. The van der Waals surface area contributed by atoms with Gasteiger partial charge in [-0.25, -0.2) is 0 Å². The predicted molar refractivity (Wildman–Crippen MR) is 80.3 cm³/mol. The van der Waals surface area contributed by atoms with Crippen LogP contribution in [0.2, 0.25) is 0 Å². The van der Waals surface area contributed by atoms with Crippen LogP contribution in [0.25, 0.3) is 0 Å². The molecule has 4 nitrogen and oxygen atoms in total. The maximum Gasteiger partial charge on any atom is 0.242 e. The van der Waals surface area contributed by atoms with Gasteiger partial charge in [0.2, 0.25) is 5.91 Å². The van der Waals surface area contributed by atoms with Crippen LogP contribution in [-0.4, -0.2) is 48.1 Å². The van der Waals surface area contributed by atoms with E-state index in [4.69, 9.17) is 0 Å². The molecule has 1 saturated heterocycles. The lowest BCUT2D eigenvalue weighted by molar-refractivity contribution is -0.144. The molecule has 1 rings (SSSR count). The van der Waals surface area contributed by atoms with Gasteiger partial charge in [0.25, 0.3) is 0 Å². The Morgan fingerprint density at radius 2 is 1.95 bits per heavy atom. The molecule has 0 aromatic carbocycles. The van der Waals surface area contributed by atoms with Crippen LogP contribution in [0.5, 0.6) is 0 Å². The van der Waals surface area contributed by atoms with Crippen LogP contribution in [0, 0.1) is 0 Å². The summed E-state index contributed by atoms with van der Waals surface area (Å²) in [6.07, 6.45) is 3.24. The Morgan fingerprint density at radius 1 is 1.26 bits per heavy atom. The third kappa shape index (κ3) is 4.46. The molecule has 0 radical (unpaired) electrons. The minimum atomic E-state index is -0.412. The molecular formula is C15H31N3O. The summed E-state index contributed by atoms with van der Waals surface area (Å²) in [6, 6.07) is 0. The van der Waals surface area contributed by atoms with E-state index in [1.807, 2.05) is 11.8 Å². The van der Waals surface area contributed by atoms with Crippen LogP contribution in [0.1, 0.15) is 53.9 Å². The number of unbranched alkanes of at least 4 members (excludes halogenated alkanes) is 1. The fourth-order valence-corrected chi connectivity index (χ4v) is 2.80. The van der Waals surface area contributed by atoms with E-state index in [1.54, 1.807) is 0 Å². The molecule has 1 aliphatic heterocycles. The summed E-state index contributed by atoms with van der Waals surface area (Å²) in [4.78, 5) is 14.5. The Morgan fingerprint density at radius 3 is 2.53 bits per heavy atom. The topological polar surface area (TPSA) is 44.4 Å². The van der Waals surface area contributed by atoms with E-state index >= 15 is 0 Å². The number of hydrogen-bond acceptors (Lipinski definition) is 3. The fourth-order valence-electron chi connectivity index (χ4n) is 2.80. The van der Waals surface area contributed by atoms with Crippen molar-refractivity contribution in [2.75, 3.05) is 26.2 Å². The van der Waals surface area contributed by atoms with Crippen molar-refractivity contribution in [3.05, 3.63) is 0 Å². The normalized spacial score (nSPS) is 26.8. The zero-order valence-corrected chi connectivity index (χ0v) is 13.3. The molecule has 1 heterocycles. The number of carbonyl (C=O) groups excluding carboxylic acids is 1. The van der Waals surface area contributed by atoms with Gasteiger partial charge in [-0.2, -0.15) is 0 Å². The summed E-state index contributed by atoms with van der Waals surface area (Å²) in [5, 5.41) is 6.91. The molecule has 4 heteroatoms. The second-order valence-corrected chi connectivity index (χ2v) is 6.52. The zero-order valence-electron chi connectivity index (χ0n) is 13.3.